The molecule has 2 aromatic rings. The predicted octanol–water partition coefficient (Wildman–Crippen LogP) is 3.32. The van der Waals surface area contributed by atoms with Gasteiger partial charge in [0.05, 0.1) is 6.54 Å². The van der Waals surface area contributed by atoms with Crippen molar-refractivity contribution in [1.82, 2.24) is 4.90 Å². The molecule has 96 valence electrons. The van der Waals surface area contributed by atoms with Crippen LogP contribution in [0.1, 0.15) is 4.88 Å². The normalized spacial score (nSPS) is 10.8. The smallest absolute Gasteiger partial charge is 0.0523 e. The molecule has 0 radical (unpaired) electrons. The van der Waals surface area contributed by atoms with E-state index in [0.717, 1.165) is 19.6 Å². The van der Waals surface area contributed by atoms with Gasteiger partial charge in [-0.15, -0.1) is 11.3 Å². The first-order valence-electron chi connectivity index (χ1n) is 6.23. The minimum Gasteiger partial charge on any atom is -0.365 e. The van der Waals surface area contributed by atoms with Crippen molar-refractivity contribution in [1.29, 1.82) is 0 Å². The molecule has 0 saturated heterocycles. The van der Waals surface area contributed by atoms with Crippen LogP contribution >= 0.6 is 11.3 Å². The summed E-state index contributed by atoms with van der Waals surface area (Å²) in [5.41, 5.74) is 1.30. The standard InChI is InChI=1S/C15H20N2S/c1-16(2)10-11-17(13-15-9-6-12-18-15)14-7-4-3-5-8-14/h3-9,12H,10-11,13H2,1-2H3. The maximum absolute atomic E-state index is 2.44. The topological polar surface area (TPSA) is 6.48 Å². The Morgan fingerprint density at radius 2 is 1.72 bits per heavy atom. The van der Waals surface area contributed by atoms with E-state index in [1.54, 1.807) is 0 Å². The maximum atomic E-state index is 2.44. The van der Waals surface area contributed by atoms with Gasteiger partial charge < -0.3 is 9.80 Å². The quantitative estimate of drug-likeness (QED) is 0.786. The summed E-state index contributed by atoms with van der Waals surface area (Å²) in [5, 5.41) is 2.14. The van der Waals surface area contributed by atoms with E-state index in [4.69, 9.17) is 0 Å². The van der Waals surface area contributed by atoms with Gasteiger partial charge in [0.2, 0.25) is 0 Å². The second kappa shape index (κ2) is 6.57. The van der Waals surface area contributed by atoms with Gasteiger partial charge in [-0.05, 0) is 37.7 Å². The van der Waals surface area contributed by atoms with Crippen LogP contribution in [-0.4, -0.2) is 32.1 Å². The lowest BCUT2D eigenvalue weighted by Crippen LogP contribution is -2.31. The Bertz CT molecular complexity index is 437. The molecule has 0 N–H and O–H groups in total. The van der Waals surface area contributed by atoms with Gasteiger partial charge in [0.1, 0.15) is 0 Å². The van der Waals surface area contributed by atoms with Crippen LogP contribution in [0.2, 0.25) is 0 Å². The molecule has 0 atom stereocenters. The zero-order valence-corrected chi connectivity index (χ0v) is 11.9. The number of benzene rings is 1. The van der Waals surface area contributed by atoms with Gasteiger partial charge in [-0.2, -0.15) is 0 Å². The van der Waals surface area contributed by atoms with E-state index < -0.39 is 0 Å². The molecule has 1 aromatic heterocycles. The highest BCUT2D eigenvalue weighted by Gasteiger charge is 2.07. The van der Waals surface area contributed by atoms with Crippen LogP contribution in [0.3, 0.4) is 0 Å². The first kappa shape index (κ1) is 13.1. The van der Waals surface area contributed by atoms with E-state index in [9.17, 15) is 0 Å². The SMILES string of the molecule is CN(C)CCN(Cc1cccs1)c1ccccc1. The number of nitrogens with zero attached hydrogens (tertiary/aromatic N) is 2. The van der Waals surface area contributed by atoms with E-state index in [2.05, 4.69) is 71.7 Å². The van der Waals surface area contributed by atoms with E-state index in [0.29, 0.717) is 0 Å². The number of likely N-dealkylation sites (N-methyl/N-ethyl adjacent to an activating group) is 1. The highest BCUT2D eigenvalue weighted by molar-refractivity contribution is 7.09. The molecule has 0 aliphatic carbocycles. The van der Waals surface area contributed by atoms with Crippen LogP contribution < -0.4 is 4.90 Å². The van der Waals surface area contributed by atoms with Crippen molar-refractivity contribution in [3.8, 4) is 0 Å². The summed E-state index contributed by atoms with van der Waals surface area (Å²) in [7, 11) is 4.24. The fraction of sp³-hybridized carbons (Fsp3) is 0.333. The number of thiophene rings is 1. The Hall–Kier alpha value is -1.32. The summed E-state index contributed by atoms with van der Waals surface area (Å²) < 4.78 is 0. The van der Waals surface area contributed by atoms with E-state index in [1.165, 1.54) is 10.6 Å². The van der Waals surface area contributed by atoms with Crippen molar-refractivity contribution >= 4 is 17.0 Å². The molecule has 0 unspecified atom stereocenters. The Kier molecular flexibility index (Phi) is 4.79. The van der Waals surface area contributed by atoms with Crippen molar-refractivity contribution in [3.05, 3.63) is 52.7 Å². The van der Waals surface area contributed by atoms with Crippen LogP contribution in [-0.2, 0) is 6.54 Å². The van der Waals surface area contributed by atoms with Crippen molar-refractivity contribution in [3.63, 3.8) is 0 Å². The average molecular weight is 260 g/mol. The molecular formula is C15H20N2S. The summed E-state index contributed by atoms with van der Waals surface area (Å²) in [6.07, 6.45) is 0. The van der Waals surface area contributed by atoms with Crippen LogP contribution in [0.25, 0.3) is 0 Å². The van der Waals surface area contributed by atoms with E-state index in [-0.39, 0.29) is 0 Å². The van der Waals surface area contributed by atoms with Gasteiger partial charge in [-0.25, -0.2) is 0 Å². The fourth-order valence-corrected chi connectivity index (χ4v) is 2.57. The number of para-hydroxylation sites is 1. The Labute approximate surface area is 113 Å². The third-order valence-electron chi connectivity index (χ3n) is 2.87. The lowest BCUT2D eigenvalue weighted by molar-refractivity contribution is 0.413. The molecular weight excluding hydrogens is 240 g/mol. The predicted molar refractivity (Wildman–Crippen MR) is 80.4 cm³/mol. The molecule has 1 heterocycles. The number of hydrogen-bond donors (Lipinski definition) is 0. The molecule has 0 aliphatic heterocycles. The molecule has 0 fully saturated rings. The second-order valence-corrected chi connectivity index (χ2v) is 5.67. The summed E-state index contributed by atoms with van der Waals surface area (Å²) in [4.78, 5) is 6.08. The van der Waals surface area contributed by atoms with Crippen LogP contribution in [0, 0.1) is 0 Å². The number of hydrogen-bond acceptors (Lipinski definition) is 3. The van der Waals surface area contributed by atoms with E-state index in [1.807, 2.05) is 11.3 Å². The van der Waals surface area contributed by atoms with Gasteiger partial charge in [0.25, 0.3) is 0 Å². The molecule has 18 heavy (non-hydrogen) atoms. The minimum absolute atomic E-state index is 0.996. The van der Waals surface area contributed by atoms with E-state index >= 15 is 0 Å². The Morgan fingerprint density at radius 3 is 2.33 bits per heavy atom. The van der Waals surface area contributed by atoms with Gasteiger partial charge in [-0.3, -0.25) is 0 Å². The van der Waals surface area contributed by atoms with Gasteiger partial charge >= 0.3 is 0 Å². The molecule has 0 amide bonds. The molecule has 2 nitrogen and oxygen atoms in total. The number of anilines is 1. The molecule has 1 aromatic carbocycles. The van der Waals surface area contributed by atoms with Crippen molar-refractivity contribution < 1.29 is 0 Å². The molecule has 0 aliphatic rings. The molecule has 2 rings (SSSR count). The average Bonchev–Trinajstić information content (AvgIpc) is 2.88. The van der Waals surface area contributed by atoms with Crippen LogP contribution in [0.5, 0.6) is 0 Å². The lowest BCUT2D eigenvalue weighted by Gasteiger charge is -2.26. The highest BCUT2D eigenvalue weighted by atomic mass is 32.1. The fourth-order valence-electron chi connectivity index (χ4n) is 1.85. The summed E-state index contributed by atoms with van der Waals surface area (Å²) in [6.45, 7) is 3.12. The van der Waals surface area contributed by atoms with Gasteiger partial charge in [0.15, 0.2) is 0 Å². The lowest BCUT2D eigenvalue weighted by atomic mass is 10.2. The monoisotopic (exact) mass is 260 g/mol. The van der Waals surface area contributed by atoms with Crippen molar-refractivity contribution in [2.24, 2.45) is 0 Å². The largest absolute Gasteiger partial charge is 0.365 e. The summed E-state index contributed by atoms with van der Waals surface area (Å²) in [6, 6.07) is 15.0. The maximum Gasteiger partial charge on any atom is 0.0523 e. The zero-order valence-electron chi connectivity index (χ0n) is 11.0. The summed E-state index contributed by atoms with van der Waals surface area (Å²) in [5.74, 6) is 0. The van der Waals surface area contributed by atoms with Gasteiger partial charge in [0, 0.05) is 23.7 Å². The molecule has 0 saturated carbocycles. The molecule has 0 bridgehead atoms. The minimum atomic E-state index is 0.996. The van der Waals surface area contributed by atoms with Crippen LogP contribution in [0.4, 0.5) is 5.69 Å². The van der Waals surface area contributed by atoms with Crippen LogP contribution in [0.15, 0.2) is 47.8 Å². The molecule has 0 spiro atoms. The third-order valence-corrected chi connectivity index (χ3v) is 3.73. The van der Waals surface area contributed by atoms with Crippen molar-refractivity contribution in [2.45, 2.75) is 6.54 Å². The second-order valence-electron chi connectivity index (χ2n) is 4.64. The van der Waals surface area contributed by atoms with Gasteiger partial charge in [-0.1, -0.05) is 24.3 Å². The third kappa shape index (κ3) is 3.86. The highest BCUT2D eigenvalue weighted by Crippen LogP contribution is 2.19. The molecule has 3 heteroatoms. The zero-order chi connectivity index (χ0) is 12.8. The number of rotatable bonds is 6. The first-order valence-corrected chi connectivity index (χ1v) is 7.11. The van der Waals surface area contributed by atoms with Crippen molar-refractivity contribution in [2.75, 3.05) is 32.1 Å². The Morgan fingerprint density at radius 1 is 0.944 bits per heavy atom. The first-order chi connectivity index (χ1) is 8.75. The summed E-state index contributed by atoms with van der Waals surface area (Å²) >= 11 is 1.82. The Balaban J connectivity index is 2.07.